The molecule has 1 N–H and O–H groups in total. The van der Waals surface area contributed by atoms with E-state index in [0.717, 1.165) is 16.8 Å². The van der Waals surface area contributed by atoms with Crippen LogP contribution in [0.4, 0.5) is 5.69 Å². The summed E-state index contributed by atoms with van der Waals surface area (Å²) < 4.78 is 6.79. The number of nitro benzene ring substituents is 1. The Labute approximate surface area is 212 Å². The van der Waals surface area contributed by atoms with E-state index in [2.05, 4.69) is 15.5 Å². The minimum absolute atomic E-state index is 0.0332. The summed E-state index contributed by atoms with van der Waals surface area (Å²) in [4.78, 5) is 23.5. The van der Waals surface area contributed by atoms with Gasteiger partial charge in [-0.2, -0.15) is 0 Å². The molecule has 0 bridgehead atoms. The maximum absolute atomic E-state index is 12.2. The zero-order valence-electron chi connectivity index (χ0n) is 19.9. The van der Waals surface area contributed by atoms with Crippen LogP contribution < -0.4 is 5.32 Å². The summed E-state index contributed by atoms with van der Waals surface area (Å²) in [6.07, 6.45) is 0. The standard InChI is InChI=1S/C26H25N5O4S/c1-18-7-13-21(14-8-18)30-24(22-5-3-4-6-23(22)31(33)34)28-29-26(30)36-17-19-9-11-20(12-10-19)25(32)27-15-16-35-2/h3-14H,15-17H2,1-2H3,(H,27,32). The van der Waals surface area contributed by atoms with Crippen molar-refractivity contribution in [2.75, 3.05) is 20.3 Å². The lowest BCUT2D eigenvalue weighted by molar-refractivity contribution is -0.384. The number of aromatic nitrogens is 3. The number of thioether (sulfide) groups is 1. The second-order valence-corrected chi connectivity index (χ2v) is 8.93. The summed E-state index contributed by atoms with van der Waals surface area (Å²) in [7, 11) is 1.59. The van der Waals surface area contributed by atoms with Gasteiger partial charge in [0.15, 0.2) is 11.0 Å². The molecule has 0 saturated heterocycles. The van der Waals surface area contributed by atoms with Crippen LogP contribution in [0, 0.1) is 17.0 Å². The number of aryl methyl sites for hydroxylation is 1. The van der Waals surface area contributed by atoms with Crippen LogP contribution in [-0.2, 0) is 10.5 Å². The van der Waals surface area contributed by atoms with E-state index in [1.54, 1.807) is 37.4 Å². The largest absolute Gasteiger partial charge is 0.383 e. The molecule has 184 valence electrons. The Morgan fingerprint density at radius 2 is 1.78 bits per heavy atom. The average molecular weight is 504 g/mol. The Morgan fingerprint density at radius 3 is 2.47 bits per heavy atom. The van der Waals surface area contributed by atoms with E-state index in [-0.39, 0.29) is 11.6 Å². The van der Waals surface area contributed by atoms with Gasteiger partial charge < -0.3 is 10.1 Å². The highest BCUT2D eigenvalue weighted by Gasteiger charge is 2.23. The first kappa shape index (κ1) is 25.1. The highest BCUT2D eigenvalue weighted by atomic mass is 32.2. The Morgan fingerprint density at radius 1 is 1.06 bits per heavy atom. The normalized spacial score (nSPS) is 10.8. The lowest BCUT2D eigenvalue weighted by atomic mass is 10.1. The van der Waals surface area contributed by atoms with E-state index in [0.29, 0.717) is 41.0 Å². The summed E-state index contributed by atoms with van der Waals surface area (Å²) >= 11 is 1.46. The van der Waals surface area contributed by atoms with Crippen molar-refractivity contribution in [2.45, 2.75) is 17.8 Å². The molecule has 4 rings (SSSR count). The molecular formula is C26H25N5O4S. The highest BCUT2D eigenvalue weighted by Crippen LogP contribution is 2.34. The van der Waals surface area contributed by atoms with Crippen molar-refractivity contribution >= 4 is 23.4 Å². The number of hydrogen-bond acceptors (Lipinski definition) is 7. The van der Waals surface area contributed by atoms with Gasteiger partial charge in [-0.05, 0) is 42.8 Å². The fourth-order valence-electron chi connectivity index (χ4n) is 3.56. The minimum Gasteiger partial charge on any atom is -0.383 e. The lowest BCUT2D eigenvalue weighted by Gasteiger charge is -2.11. The summed E-state index contributed by atoms with van der Waals surface area (Å²) in [6, 6.07) is 21.7. The van der Waals surface area contributed by atoms with E-state index in [4.69, 9.17) is 4.74 Å². The molecule has 1 heterocycles. The van der Waals surface area contributed by atoms with E-state index in [9.17, 15) is 14.9 Å². The van der Waals surface area contributed by atoms with Crippen LogP contribution in [0.1, 0.15) is 21.5 Å². The number of nitrogens with one attached hydrogen (secondary N) is 1. The number of rotatable bonds is 10. The van der Waals surface area contributed by atoms with Crippen LogP contribution in [0.2, 0.25) is 0 Å². The fraction of sp³-hybridized carbons (Fsp3) is 0.192. The zero-order chi connectivity index (χ0) is 25.5. The highest BCUT2D eigenvalue weighted by molar-refractivity contribution is 7.98. The molecule has 0 atom stereocenters. The molecular weight excluding hydrogens is 478 g/mol. The number of amides is 1. The summed E-state index contributed by atoms with van der Waals surface area (Å²) in [6.45, 7) is 2.90. The number of benzene rings is 3. The van der Waals surface area contributed by atoms with Gasteiger partial charge in [-0.15, -0.1) is 10.2 Å². The first-order chi connectivity index (χ1) is 17.5. The second-order valence-electron chi connectivity index (χ2n) is 7.99. The lowest BCUT2D eigenvalue weighted by Crippen LogP contribution is -2.26. The van der Waals surface area contributed by atoms with Crippen molar-refractivity contribution < 1.29 is 14.5 Å². The van der Waals surface area contributed by atoms with E-state index < -0.39 is 4.92 Å². The van der Waals surface area contributed by atoms with Crippen LogP contribution >= 0.6 is 11.8 Å². The maximum atomic E-state index is 12.2. The van der Waals surface area contributed by atoms with Crippen molar-refractivity contribution in [2.24, 2.45) is 0 Å². The number of carbonyl (C=O) groups is 1. The molecule has 9 nitrogen and oxygen atoms in total. The monoisotopic (exact) mass is 503 g/mol. The van der Waals surface area contributed by atoms with Crippen molar-refractivity contribution in [3.05, 3.63) is 99.6 Å². The van der Waals surface area contributed by atoms with Crippen LogP contribution in [0.3, 0.4) is 0 Å². The maximum Gasteiger partial charge on any atom is 0.280 e. The Hall–Kier alpha value is -4.02. The summed E-state index contributed by atoms with van der Waals surface area (Å²) in [5.41, 5.74) is 3.84. The van der Waals surface area contributed by atoms with E-state index in [1.807, 2.05) is 47.9 Å². The number of ether oxygens (including phenoxy) is 1. The predicted octanol–water partition coefficient (Wildman–Crippen LogP) is 4.82. The molecule has 3 aromatic carbocycles. The fourth-order valence-corrected chi connectivity index (χ4v) is 4.46. The number of nitro groups is 1. The topological polar surface area (TPSA) is 112 Å². The first-order valence-electron chi connectivity index (χ1n) is 11.2. The molecule has 0 unspecified atom stereocenters. The third-order valence-electron chi connectivity index (χ3n) is 5.44. The SMILES string of the molecule is COCCNC(=O)c1ccc(CSc2nnc(-c3ccccc3[N+](=O)[O-])n2-c2ccc(C)cc2)cc1. The van der Waals surface area contributed by atoms with Gasteiger partial charge in [0.1, 0.15) is 0 Å². The molecule has 0 radical (unpaired) electrons. The van der Waals surface area contributed by atoms with Crippen molar-refractivity contribution in [1.29, 1.82) is 0 Å². The van der Waals surface area contributed by atoms with E-state index in [1.165, 1.54) is 17.8 Å². The third-order valence-corrected chi connectivity index (χ3v) is 6.44. The Bertz CT molecular complexity index is 1350. The van der Waals surface area contributed by atoms with Crippen LogP contribution in [0.15, 0.2) is 78.0 Å². The van der Waals surface area contributed by atoms with Gasteiger partial charge in [-0.3, -0.25) is 19.5 Å². The number of hydrogen-bond donors (Lipinski definition) is 1. The third kappa shape index (κ3) is 5.78. The minimum atomic E-state index is -0.413. The molecule has 0 aliphatic rings. The molecule has 1 aromatic heterocycles. The molecule has 36 heavy (non-hydrogen) atoms. The van der Waals surface area contributed by atoms with Gasteiger partial charge >= 0.3 is 0 Å². The van der Waals surface area contributed by atoms with Crippen LogP contribution in [0.5, 0.6) is 0 Å². The molecule has 10 heteroatoms. The number of carbonyl (C=O) groups excluding carboxylic acids is 1. The second kappa shape index (κ2) is 11.6. The van der Waals surface area contributed by atoms with Crippen molar-refractivity contribution in [3.63, 3.8) is 0 Å². The molecule has 4 aromatic rings. The Balaban J connectivity index is 1.60. The quantitative estimate of drug-likeness (QED) is 0.143. The van der Waals surface area contributed by atoms with Gasteiger partial charge in [-0.1, -0.05) is 53.7 Å². The van der Waals surface area contributed by atoms with Crippen LogP contribution in [0.25, 0.3) is 17.1 Å². The number of nitrogens with zero attached hydrogens (tertiary/aromatic N) is 4. The van der Waals surface area contributed by atoms with Gasteiger partial charge in [0.25, 0.3) is 11.6 Å². The molecule has 1 amide bonds. The van der Waals surface area contributed by atoms with Crippen LogP contribution in [-0.4, -0.2) is 45.9 Å². The van der Waals surface area contributed by atoms with Gasteiger partial charge in [-0.25, -0.2) is 0 Å². The molecule has 0 spiro atoms. The smallest absolute Gasteiger partial charge is 0.280 e. The van der Waals surface area contributed by atoms with Crippen molar-refractivity contribution in [3.8, 4) is 17.1 Å². The summed E-state index contributed by atoms with van der Waals surface area (Å²) in [5.74, 6) is 0.822. The molecule has 0 saturated carbocycles. The molecule has 0 aliphatic carbocycles. The van der Waals surface area contributed by atoms with E-state index >= 15 is 0 Å². The predicted molar refractivity (Wildman–Crippen MR) is 138 cm³/mol. The van der Waals surface area contributed by atoms with Gasteiger partial charge in [0, 0.05) is 36.7 Å². The number of para-hydroxylation sites is 1. The average Bonchev–Trinajstić information content (AvgIpc) is 3.32. The Kier molecular flexibility index (Phi) is 8.09. The number of methoxy groups -OCH3 is 1. The first-order valence-corrected chi connectivity index (χ1v) is 12.2. The van der Waals surface area contributed by atoms with Gasteiger partial charge in [0.2, 0.25) is 0 Å². The summed E-state index contributed by atoms with van der Waals surface area (Å²) in [5, 5.41) is 23.8. The molecule has 0 aliphatic heterocycles. The zero-order valence-corrected chi connectivity index (χ0v) is 20.7. The van der Waals surface area contributed by atoms with Crippen molar-refractivity contribution in [1.82, 2.24) is 20.1 Å². The molecule has 0 fully saturated rings. The van der Waals surface area contributed by atoms with Gasteiger partial charge in [0.05, 0.1) is 17.1 Å².